The predicted molar refractivity (Wildman–Crippen MR) is 102 cm³/mol. The highest BCUT2D eigenvalue weighted by molar-refractivity contribution is 7.14. The summed E-state index contributed by atoms with van der Waals surface area (Å²) in [4.78, 5) is 20.2. The van der Waals surface area contributed by atoms with Crippen LogP contribution in [0.5, 0.6) is 0 Å². The molecule has 0 aliphatic carbocycles. The van der Waals surface area contributed by atoms with Crippen LogP contribution < -0.4 is 4.90 Å². The molecule has 25 heavy (non-hydrogen) atoms. The maximum absolute atomic E-state index is 11.7. The Kier molecular flexibility index (Phi) is 5.20. The van der Waals surface area contributed by atoms with E-state index in [9.17, 15) is 4.79 Å². The van der Waals surface area contributed by atoms with Crippen molar-refractivity contribution in [3.63, 3.8) is 0 Å². The highest BCUT2D eigenvalue weighted by Crippen LogP contribution is 2.28. The number of fused-ring (bicyclic) bond motifs is 1. The van der Waals surface area contributed by atoms with Crippen LogP contribution in [-0.4, -0.2) is 29.4 Å². The van der Waals surface area contributed by atoms with E-state index in [1.54, 1.807) is 11.8 Å². The first-order valence-electron chi connectivity index (χ1n) is 8.40. The van der Waals surface area contributed by atoms with Crippen molar-refractivity contribution in [1.29, 1.82) is 0 Å². The molecule has 0 aliphatic heterocycles. The van der Waals surface area contributed by atoms with E-state index < -0.39 is 0 Å². The van der Waals surface area contributed by atoms with Crippen LogP contribution in [0.2, 0.25) is 0 Å². The van der Waals surface area contributed by atoms with E-state index in [0.29, 0.717) is 13.1 Å². The van der Waals surface area contributed by atoms with Gasteiger partial charge >= 0.3 is 0 Å². The van der Waals surface area contributed by atoms with Gasteiger partial charge < -0.3 is 4.42 Å². The Labute approximate surface area is 151 Å². The van der Waals surface area contributed by atoms with Crippen LogP contribution in [0.15, 0.2) is 40.1 Å². The van der Waals surface area contributed by atoms with Crippen LogP contribution in [0.4, 0.5) is 5.13 Å². The number of hydrogen-bond acceptors (Lipinski definition) is 5. The third-order valence-electron chi connectivity index (χ3n) is 4.40. The molecule has 6 heteroatoms. The third kappa shape index (κ3) is 3.75. The number of furan rings is 1. The molecule has 3 aromatic rings. The summed E-state index contributed by atoms with van der Waals surface area (Å²) in [6.45, 7) is 6.98. The smallest absolute Gasteiger partial charge is 0.225 e. The molecule has 0 saturated carbocycles. The van der Waals surface area contributed by atoms with E-state index >= 15 is 0 Å². The molecule has 5 nitrogen and oxygen atoms in total. The molecule has 0 fully saturated rings. The molecule has 0 saturated heterocycles. The summed E-state index contributed by atoms with van der Waals surface area (Å²) in [5, 5.41) is 3.89. The van der Waals surface area contributed by atoms with Gasteiger partial charge in [-0.15, -0.1) is 11.3 Å². The summed E-state index contributed by atoms with van der Waals surface area (Å²) < 4.78 is 5.97. The Morgan fingerprint density at radius 2 is 2.12 bits per heavy atom. The van der Waals surface area contributed by atoms with Gasteiger partial charge in [-0.05, 0) is 33.0 Å². The van der Waals surface area contributed by atoms with Crippen LogP contribution in [-0.2, 0) is 11.3 Å². The van der Waals surface area contributed by atoms with E-state index in [1.165, 1.54) is 11.3 Å². The van der Waals surface area contributed by atoms with Gasteiger partial charge in [0.25, 0.3) is 0 Å². The molecule has 3 rings (SSSR count). The van der Waals surface area contributed by atoms with Crippen molar-refractivity contribution in [3.05, 3.63) is 47.2 Å². The summed E-state index contributed by atoms with van der Waals surface area (Å²) in [7, 11) is 2.05. The van der Waals surface area contributed by atoms with E-state index in [0.717, 1.165) is 27.6 Å². The lowest BCUT2D eigenvalue weighted by atomic mass is 10.2. The van der Waals surface area contributed by atoms with Crippen molar-refractivity contribution < 1.29 is 9.21 Å². The molecule has 0 unspecified atom stereocenters. The molecule has 1 amide bonds. The van der Waals surface area contributed by atoms with Crippen LogP contribution in [0.1, 0.15) is 38.3 Å². The van der Waals surface area contributed by atoms with Gasteiger partial charge in [0.2, 0.25) is 5.91 Å². The van der Waals surface area contributed by atoms with Crippen LogP contribution >= 0.6 is 11.3 Å². The Morgan fingerprint density at radius 1 is 1.36 bits per heavy atom. The number of aromatic nitrogens is 1. The van der Waals surface area contributed by atoms with Crippen LogP contribution in [0, 0.1) is 0 Å². The van der Waals surface area contributed by atoms with Gasteiger partial charge in [0.1, 0.15) is 11.3 Å². The number of carbonyl (C=O) groups is 1. The average molecular weight is 357 g/mol. The molecular formula is C19H23N3O2S. The fourth-order valence-electron chi connectivity index (χ4n) is 2.80. The quantitative estimate of drug-likeness (QED) is 0.654. The molecule has 0 radical (unpaired) electrons. The molecular weight excluding hydrogens is 334 g/mol. The number of para-hydroxylation sites is 1. The van der Waals surface area contributed by atoms with E-state index in [1.807, 2.05) is 30.5 Å². The molecule has 2 aromatic heterocycles. The minimum atomic E-state index is 0.0207. The lowest BCUT2D eigenvalue weighted by Crippen LogP contribution is -2.28. The summed E-state index contributed by atoms with van der Waals surface area (Å²) >= 11 is 1.51. The second-order valence-corrected chi connectivity index (χ2v) is 7.00. The van der Waals surface area contributed by atoms with Gasteiger partial charge in [-0.25, -0.2) is 4.98 Å². The number of rotatable bonds is 6. The number of amides is 1. The minimum absolute atomic E-state index is 0.0207. The van der Waals surface area contributed by atoms with Gasteiger partial charge in [0.05, 0.1) is 11.7 Å². The van der Waals surface area contributed by atoms with Crippen molar-refractivity contribution >= 4 is 33.3 Å². The molecule has 1 atom stereocenters. The Balaban J connectivity index is 1.72. The van der Waals surface area contributed by atoms with Gasteiger partial charge in [0.15, 0.2) is 5.13 Å². The van der Waals surface area contributed by atoms with Crippen molar-refractivity contribution in [3.8, 4) is 0 Å². The number of anilines is 1. The van der Waals surface area contributed by atoms with E-state index in [-0.39, 0.29) is 11.9 Å². The first kappa shape index (κ1) is 17.6. The number of carbonyl (C=O) groups excluding carboxylic acids is 1. The normalized spacial score (nSPS) is 12.7. The summed E-state index contributed by atoms with van der Waals surface area (Å²) in [5.74, 6) is 0.963. The molecule has 0 spiro atoms. The second kappa shape index (κ2) is 7.37. The molecule has 1 aromatic carbocycles. The van der Waals surface area contributed by atoms with Gasteiger partial charge in [-0.2, -0.15) is 0 Å². The zero-order chi connectivity index (χ0) is 18.0. The maximum atomic E-state index is 11.7. The Bertz CT molecular complexity index is 837. The second-order valence-electron chi connectivity index (χ2n) is 6.16. The molecule has 132 valence electrons. The highest BCUT2D eigenvalue weighted by Gasteiger charge is 2.19. The fraction of sp³-hybridized carbons (Fsp3) is 0.368. The molecule has 0 bridgehead atoms. The molecule has 0 aliphatic rings. The zero-order valence-electron chi connectivity index (χ0n) is 15.0. The SMILES string of the molecule is CCN(C(C)=O)c1nc(CN(C)[C@@H](C)c2cc3ccccc3o2)cs1. The Morgan fingerprint density at radius 3 is 2.80 bits per heavy atom. The fourth-order valence-corrected chi connectivity index (χ4v) is 3.73. The van der Waals surface area contributed by atoms with Crippen LogP contribution in [0.25, 0.3) is 11.0 Å². The number of hydrogen-bond donors (Lipinski definition) is 0. The monoisotopic (exact) mass is 357 g/mol. The van der Waals surface area contributed by atoms with Gasteiger partial charge in [0, 0.05) is 30.8 Å². The van der Waals surface area contributed by atoms with Crippen molar-refractivity contribution in [1.82, 2.24) is 9.88 Å². The Hall–Kier alpha value is -2.18. The summed E-state index contributed by atoms with van der Waals surface area (Å²) in [5.41, 5.74) is 1.87. The maximum Gasteiger partial charge on any atom is 0.225 e. The highest BCUT2D eigenvalue weighted by atomic mass is 32.1. The average Bonchev–Trinajstić information content (AvgIpc) is 3.21. The largest absolute Gasteiger partial charge is 0.459 e. The number of thiazole rings is 1. The topological polar surface area (TPSA) is 49.6 Å². The first-order chi connectivity index (χ1) is 12.0. The minimum Gasteiger partial charge on any atom is -0.459 e. The van der Waals surface area contributed by atoms with Crippen molar-refractivity contribution in [2.75, 3.05) is 18.5 Å². The predicted octanol–water partition coefficient (Wildman–Crippen LogP) is 4.46. The zero-order valence-corrected chi connectivity index (χ0v) is 15.8. The number of nitrogens with zero attached hydrogens (tertiary/aromatic N) is 3. The standard InChI is InChI=1S/C19H23N3O2S/c1-5-22(14(3)23)19-20-16(12-25-19)11-21(4)13(2)18-10-15-8-6-7-9-17(15)24-18/h6-10,12-13H,5,11H2,1-4H3/t13-/m0/s1. The summed E-state index contributed by atoms with van der Waals surface area (Å²) in [6.07, 6.45) is 0. The first-order valence-corrected chi connectivity index (χ1v) is 9.28. The van der Waals surface area contributed by atoms with Crippen molar-refractivity contribution in [2.45, 2.75) is 33.4 Å². The lowest BCUT2D eigenvalue weighted by Gasteiger charge is -2.22. The van der Waals surface area contributed by atoms with E-state index in [2.05, 4.69) is 36.0 Å². The third-order valence-corrected chi connectivity index (χ3v) is 5.31. The molecule has 0 N–H and O–H groups in total. The summed E-state index contributed by atoms with van der Waals surface area (Å²) in [6, 6.07) is 10.3. The number of benzene rings is 1. The van der Waals surface area contributed by atoms with Gasteiger partial charge in [-0.1, -0.05) is 18.2 Å². The lowest BCUT2D eigenvalue weighted by molar-refractivity contribution is -0.116. The van der Waals surface area contributed by atoms with Crippen LogP contribution in [0.3, 0.4) is 0 Å². The van der Waals surface area contributed by atoms with E-state index in [4.69, 9.17) is 4.42 Å². The van der Waals surface area contributed by atoms with Crippen molar-refractivity contribution in [2.24, 2.45) is 0 Å². The van der Waals surface area contributed by atoms with Gasteiger partial charge in [-0.3, -0.25) is 14.6 Å². The molecule has 2 heterocycles.